The summed E-state index contributed by atoms with van der Waals surface area (Å²) in [5, 5.41) is 6.55. The first-order valence-corrected chi connectivity index (χ1v) is 10.2. The Morgan fingerprint density at radius 3 is 2.62 bits per heavy atom. The molecule has 0 bridgehead atoms. The molecule has 164 valence electrons. The van der Waals surface area contributed by atoms with Crippen molar-refractivity contribution in [2.24, 2.45) is 4.99 Å². The van der Waals surface area contributed by atoms with Crippen molar-refractivity contribution in [3.63, 3.8) is 0 Å². The third kappa shape index (κ3) is 8.38. The summed E-state index contributed by atoms with van der Waals surface area (Å²) in [4.78, 5) is 20.7. The van der Waals surface area contributed by atoms with E-state index in [9.17, 15) is 4.79 Å². The largest absolute Gasteiger partial charge is 0.497 e. The SMILES string of the molecule is CCNC(=NCC(c1cccc(OC)c1)N1CCCC1)NCCC(=O)N(C)C.I. The fraction of sp³-hybridized carbons (Fsp3) is 0.619. The zero-order valence-corrected chi connectivity index (χ0v) is 20.4. The minimum Gasteiger partial charge on any atom is -0.497 e. The van der Waals surface area contributed by atoms with Gasteiger partial charge in [0.1, 0.15) is 5.75 Å². The van der Waals surface area contributed by atoms with E-state index >= 15 is 0 Å². The molecule has 1 aromatic rings. The van der Waals surface area contributed by atoms with Crippen LogP contribution < -0.4 is 15.4 Å². The molecule has 1 aliphatic heterocycles. The first kappa shape index (κ1) is 25.5. The van der Waals surface area contributed by atoms with Gasteiger partial charge in [0.15, 0.2) is 5.96 Å². The molecule has 29 heavy (non-hydrogen) atoms. The van der Waals surface area contributed by atoms with Gasteiger partial charge in [-0.2, -0.15) is 0 Å². The Morgan fingerprint density at radius 2 is 2.00 bits per heavy atom. The van der Waals surface area contributed by atoms with E-state index in [0.29, 0.717) is 19.5 Å². The zero-order valence-electron chi connectivity index (χ0n) is 18.1. The monoisotopic (exact) mass is 517 g/mol. The van der Waals surface area contributed by atoms with Gasteiger partial charge < -0.3 is 20.3 Å². The molecule has 0 saturated carbocycles. The lowest BCUT2D eigenvalue weighted by molar-refractivity contribution is -0.128. The second kappa shape index (κ2) is 13.6. The Kier molecular flexibility index (Phi) is 12.0. The number of guanidine groups is 1. The summed E-state index contributed by atoms with van der Waals surface area (Å²) in [5.74, 6) is 1.73. The molecule has 1 unspecified atom stereocenters. The molecule has 1 amide bonds. The number of ether oxygens (including phenoxy) is 1. The van der Waals surface area contributed by atoms with Crippen LogP contribution in [0.3, 0.4) is 0 Å². The van der Waals surface area contributed by atoms with Gasteiger partial charge in [-0.25, -0.2) is 0 Å². The highest BCUT2D eigenvalue weighted by Gasteiger charge is 2.23. The second-order valence-electron chi connectivity index (χ2n) is 7.22. The van der Waals surface area contributed by atoms with Crippen molar-refractivity contribution in [1.29, 1.82) is 0 Å². The smallest absolute Gasteiger partial charge is 0.223 e. The zero-order chi connectivity index (χ0) is 20.4. The normalized spacial score (nSPS) is 15.4. The van der Waals surface area contributed by atoms with Crippen molar-refractivity contribution in [3.8, 4) is 5.75 Å². The second-order valence-corrected chi connectivity index (χ2v) is 7.22. The predicted molar refractivity (Wildman–Crippen MR) is 129 cm³/mol. The number of halogens is 1. The maximum atomic E-state index is 11.8. The number of aliphatic imine (C=N–C) groups is 1. The Hall–Kier alpha value is -1.55. The van der Waals surface area contributed by atoms with Gasteiger partial charge in [0, 0.05) is 33.6 Å². The quantitative estimate of drug-likeness (QED) is 0.299. The fourth-order valence-electron chi connectivity index (χ4n) is 3.36. The summed E-state index contributed by atoms with van der Waals surface area (Å²) in [5.41, 5.74) is 1.23. The number of nitrogens with one attached hydrogen (secondary N) is 2. The van der Waals surface area contributed by atoms with Crippen LogP contribution in [0.1, 0.15) is 37.8 Å². The molecule has 2 rings (SSSR count). The molecular weight excluding hydrogens is 481 g/mol. The number of likely N-dealkylation sites (tertiary alicyclic amines) is 1. The van der Waals surface area contributed by atoms with Gasteiger partial charge in [-0.1, -0.05) is 12.1 Å². The molecule has 1 atom stereocenters. The molecule has 7 nitrogen and oxygen atoms in total. The summed E-state index contributed by atoms with van der Waals surface area (Å²) in [6.45, 7) is 6.24. The highest BCUT2D eigenvalue weighted by Crippen LogP contribution is 2.27. The Labute approximate surface area is 192 Å². The lowest BCUT2D eigenvalue weighted by Gasteiger charge is -2.27. The number of nitrogens with zero attached hydrogens (tertiary/aromatic N) is 3. The number of hydrogen-bond donors (Lipinski definition) is 2. The van der Waals surface area contributed by atoms with Gasteiger partial charge in [0.2, 0.25) is 5.91 Å². The van der Waals surface area contributed by atoms with E-state index in [2.05, 4.69) is 27.7 Å². The third-order valence-corrected chi connectivity index (χ3v) is 4.96. The number of carbonyl (C=O) groups is 1. The van der Waals surface area contributed by atoms with Crippen molar-refractivity contribution in [2.45, 2.75) is 32.2 Å². The van der Waals surface area contributed by atoms with Crippen LogP contribution in [0, 0.1) is 0 Å². The molecule has 0 aromatic heterocycles. The van der Waals surface area contributed by atoms with Gasteiger partial charge in [-0.3, -0.25) is 14.7 Å². The van der Waals surface area contributed by atoms with Gasteiger partial charge in [0.25, 0.3) is 0 Å². The summed E-state index contributed by atoms with van der Waals surface area (Å²) in [6, 6.07) is 8.49. The van der Waals surface area contributed by atoms with E-state index in [1.165, 1.54) is 18.4 Å². The first-order chi connectivity index (χ1) is 13.5. The van der Waals surface area contributed by atoms with Crippen LogP contribution in [0.2, 0.25) is 0 Å². The average molecular weight is 517 g/mol. The first-order valence-electron chi connectivity index (χ1n) is 10.2. The number of amides is 1. The molecule has 8 heteroatoms. The van der Waals surface area contributed by atoms with Crippen LogP contribution in [0.5, 0.6) is 5.75 Å². The molecule has 0 aliphatic carbocycles. The van der Waals surface area contributed by atoms with Gasteiger partial charge in [0.05, 0.1) is 19.7 Å². The van der Waals surface area contributed by atoms with Crippen LogP contribution in [0.4, 0.5) is 0 Å². The lowest BCUT2D eigenvalue weighted by Crippen LogP contribution is -2.40. The highest BCUT2D eigenvalue weighted by molar-refractivity contribution is 14.0. The number of benzene rings is 1. The molecule has 1 saturated heterocycles. The van der Waals surface area contributed by atoms with Gasteiger partial charge >= 0.3 is 0 Å². The molecule has 2 N–H and O–H groups in total. The molecule has 0 spiro atoms. The molecular formula is C21H36IN5O2. The summed E-state index contributed by atoms with van der Waals surface area (Å²) in [6.07, 6.45) is 2.91. The van der Waals surface area contributed by atoms with Crippen molar-refractivity contribution in [1.82, 2.24) is 20.4 Å². The van der Waals surface area contributed by atoms with E-state index in [4.69, 9.17) is 9.73 Å². The van der Waals surface area contributed by atoms with E-state index in [1.807, 2.05) is 19.1 Å². The Balaban J connectivity index is 0.00000420. The van der Waals surface area contributed by atoms with E-state index in [0.717, 1.165) is 31.3 Å². The predicted octanol–water partition coefficient (Wildman–Crippen LogP) is 2.48. The van der Waals surface area contributed by atoms with Crippen molar-refractivity contribution < 1.29 is 9.53 Å². The lowest BCUT2D eigenvalue weighted by atomic mass is 10.1. The standard InChI is InChI=1S/C21H35N5O2.HI/c1-5-22-21(23-12-11-20(27)25(2)3)24-16-19(26-13-6-7-14-26)17-9-8-10-18(15-17)28-4;/h8-10,15,19H,5-7,11-14,16H2,1-4H3,(H2,22,23,24);1H. The van der Waals surface area contributed by atoms with Crippen molar-refractivity contribution >= 4 is 35.8 Å². The maximum absolute atomic E-state index is 11.8. The molecule has 1 fully saturated rings. The van der Waals surface area contributed by atoms with Crippen LogP contribution in [-0.2, 0) is 4.79 Å². The Morgan fingerprint density at radius 1 is 1.28 bits per heavy atom. The number of hydrogen-bond acceptors (Lipinski definition) is 4. The van der Waals surface area contributed by atoms with Gasteiger partial charge in [-0.15, -0.1) is 24.0 Å². The fourth-order valence-corrected chi connectivity index (χ4v) is 3.36. The number of methoxy groups -OCH3 is 1. The number of rotatable bonds is 9. The summed E-state index contributed by atoms with van der Waals surface area (Å²) >= 11 is 0. The summed E-state index contributed by atoms with van der Waals surface area (Å²) < 4.78 is 5.41. The van der Waals surface area contributed by atoms with E-state index in [1.54, 1.807) is 26.1 Å². The van der Waals surface area contributed by atoms with Crippen molar-refractivity contribution in [2.75, 3.05) is 53.9 Å². The molecule has 0 radical (unpaired) electrons. The topological polar surface area (TPSA) is 69.2 Å². The van der Waals surface area contributed by atoms with Crippen LogP contribution in [-0.4, -0.2) is 75.6 Å². The number of carbonyl (C=O) groups excluding carboxylic acids is 1. The molecule has 1 aromatic carbocycles. The van der Waals surface area contributed by atoms with Crippen LogP contribution in [0.15, 0.2) is 29.3 Å². The molecule has 1 aliphatic rings. The minimum absolute atomic E-state index is 0. The van der Waals surface area contributed by atoms with Crippen LogP contribution >= 0.6 is 24.0 Å². The Bertz CT molecular complexity index is 648. The molecule has 1 heterocycles. The maximum Gasteiger partial charge on any atom is 0.223 e. The third-order valence-electron chi connectivity index (χ3n) is 4.96. The van der Waals surface area contributed by atoms with Crippen molar-refractivity contribution in [3.05, 3.63) is 29.8 Å². The van der Waals surface area contributed by atoms with E-state index in [-0.39, 0.29) is 35.9 Å². The van der Waals surface area contributed by atoms with E-state index < -0.39 is 0 Å². The minimum atomic E-state index is 0. The average Bonchev–Trinajstić information content (AvgIpc) is 3.22. The highest BCUT2D eigenvalue weighted by atomic mass is 127. The van der Waals surface area contributed by atoms with Gasteiger partial charge in [-0.05, 0) is 50.6 Å². The van der Waals surface area contributed by atoms with Crippen LogP contribution in [0.25, 0.3) is 0 Å². The summed E-state index contributed by atoms with van der Waals surface area (Å²) in [7, 11) is 5.25.